The lowest BCUT2D eigenvalue weighted by Gasteiger charge is -2.24. The average molecular weight is 421 g/mol. The van der Waals surface area contributed by atoms with Gasteiger partial charge in [-0.15, -0.1) is 12.4 Å². The quantitative estimate of drug-likeness (QED) is 0.683. The number of nitrogens with one attached hydrogen (secondary N) is 3. The summed E-state index contributed by atoms with van der Waals surface area (Å²) in [5.41, 5.74) is 1.45. The lowest BCUT2D eigenvalue weighted by Crippen LogP contribution is -2.33. The van der Waals surface area contributed by atoms with E-state index in [1.165, 1.54) is 18.2 Å². The molecule has 3 N–H and O–H groups in total. The molecule has 2 amide bonds. The molecule has 2 aromatic carbocycles. The standard InChI is InChI=1S/C20H21FN4O3.ClH/c1-2-27-18-6-3-13(11-22)9-17(18)25-20(26)24-16-5-4-14(10-15(16)21)19-12-23-7-8-28-19;/h3-6,9-10,19,23H,2,7-8,12H2,1H3,(H2,24,25,26);1H/t19-;/m1./s1. The van der Waals surface area contributed by atoms with Crippen molar-refractivity contribution >= 4 is 29.8 Å². The number of hydrogen-bond donors (Lipinski definition) is 3. The zero-order chi connectivity index (χ0) is 19.9. The fourth-order valence-electron chi connectivity index (χ4n) is 2.87. The third kappa shape index (κ3) is 5.81. The third-order valence-corrected chi connectivity index (χ3v) is 4.20. The van der Waals surface area contributed by atoms with Crippen LogP contribution in [-0.2, 0) is 4.74 Å². The van der Waals surface area contributed by atoms with E-state index >= 15 is 0 Å². The molecule has 0 saturated carbocycles. The van der Waals surface area contributed by atoms with Crippen molar-refractivity contribution in [1.29, 1.82) is 5.26 Å². The Morgan fingerprint density at radius 1 is 1.31 bits per heavy atom. The summed E-state index contributed by atoms with van der Waals surface area (Å²) in [7, 11) is 0. The highest BCUT2D eigenvalue weighted by molar-refractivity contribution is 6.00. The van der Waals surface area contributed by atoms with Crippen molar-refractivity contribution in [3.63, 3.8) is 0 Å². The van der Waals surface area contributed by atoms with Crippen LogP contribution in [0.15, 0.2) is 36.4 Å². The van der Waals surface area contributed by atoms with Gasteiger partial charge in [-0.25, -0.2) is 9.18 Å². The molecule has 7 nitrogen and oxygen atoms in total. The minimum absolute atomic E-state index is 0. The molecule has 9 heteroatoms. The molecule has 0 aliphatic carbocycles. The number of amides is 2. The fourth-order valence-corrected chi connectivity index (χ4v) is 2.87. The molecule has 0 bridgehead atoms. The minimum atomic E-state index is -0.640. The molecule has 1 aliphatic heterocycles. The summed E-state index contributed by atoms with van der Waals surface area (Å²) in [6.45, 7) is 4.16. The number of halogens is 2. The van der Waals surface area contributed by atoms with E-state index in [1.807, 2.05) is 13.0 Å². The van der Waals surface area contributed by atoms with E-state index < -0.39 is 11.8 Å². The molecule has 3 rings (SSSR count). The second-order valence-corrected chi connectivity index (χ2v) is 6.14. The van der Waals surface area contributed by atoms with Gasteiger partial charge in [-0.3, -0.25) is 0 Å². The molecule has 2 aromatic rings. The van der Waals surface area contributed by atoms with Crippen molar-refractivity contribution in [2.24, 2.45) is 0 Å². The van der Waals surface area contributed by atoms with Gasteiger partial charge in [0.05, 0.1) is 42.3 Å². The van der Waals surface area contributed by atoms with Crippen molar-refractivity contribution in [1.82, 2.24) is 5.32 Å². The summed E-state index contributed by atoms with van der Waals surface area (Å²) in [5, 5.41) is 17.3. The molecule has 1 heterocycles. The molecule has 0 aromatic heterocycles. The van der Waals surface area contributed by atoms with E-state index in [0.29, 0.717) is 42.3 Å². The number of morpholine rings is 1. The van der Waals surface area contributed by atoms with Crippen LogP contribution >= 0.6 is 12.4 Å². The molecule has 0 unspecified atom stereocenters. The average Bonchev–Trinajstić information content (AvgIpc) is 2.71. The second-order valence-electron chi connectivity index (χ2n) is 6.14. The SMILES string of the molecule is CCOc1ccc(C#N)cc1NC(=O)Nc1ccc([C@H]2CNCCO2)cc1F.Cl. The Morgan fingerprint density at radius 2 is 2.10 bits per heavy atom. The van der Waals surface area contributed by atoms with Crippen molar-refractivity contribution in [2.75, 3.05) is 36.9 Å². The van der Waals surface area contributed by atoms with Gasteiger partial charge in [-0.05, 0) is 42.8 Å². The van der Waals surface area contributed by atoms with Crippen LogP contribution in [0.2, 0.25) is 0 Å². The molecule has 1 saturated heterocycles. The Bertz CT molecular complexity index is 898. The Kier molecular flexibility index (Phi) is 8.21. The molecule has 29 heavy (non-hydrogen) atoms. The number of nitrogens with zero attached hydrogens (tertiary/aromatic N) is 1. The Hall–Kier alpha value is -2.86. The smallest absolute Gasteiger partial charge is 0.323 e. The topological polar surface area (TPSA) is 95.4 Å². The maximum atomic E-state index is 14.4. The van der Waals surface area contributed by atoms with Gasteiger partial charge in [0.2, 0.25) is 0 Å². The molecular formula is C20H22ClFN4O3. The van der Waals surface area contributed by atoms with Crippen LogP contribution in [0.4, 0.5) is 20.6 Å². The first-order chi connectivity index (χ1) is 13.6. The molecule has 154 valence electrons. The summed E-state index contributed by atoms with van der Waals surface area (Å²) in [4.78, 5) is 12.3. The maximum absolute atomic E-state index is 14.4. The van der Waals surface area contributed by atoms with E-state index in [2.05, 4.69) is 16.0 Å². The van der Waals surface area contributed by atoms with Gasteiger partial charge >= 0.3 is 6.03 Å². The van der Waals surface area contributed by atoms with Gasteiger partial charge in [0, 0.05) is 13.1 Å². The first-order valence-electron chi connectivity index (χ1n) is 8.97. The number of carbonyl (C=O) groups is 1. The Labute approximate surface area is 174 Å². The highest BCUT2D eigenvalue weighted by atomic mass is 35.5. The van der Waals surface area contributed by atoms with E-state index in [-0.39, 0.29) is 24.2 Å². The van der Waals surface area contributed by atoms with Crippen molar-refractivity contribution in [2.45, 2.75) is 13.0 Å². The highest BCUT2D eigenvalue weighted by Gasteiger charge is 2.18. The lowest BCUT2D eigenvalue weighted by atomic mass is 10.1. The molecular weight excluding hydrogens is 399 g/mol. The normalized spacial score (nSPS) is 15.6. The largest absolute Gasteiger partial charge is 0.492 e. The van der Waals surface area contributed by atoms with E-state index in [0.717, 1.165) is 6.54 Å². The third-order valence-electron chi connectivity index (χ3n) is 4.20. The van der Waals surface area contributed by atoms with Crippen LogP contribution in [0.1, 0.15) is 24.2 Å². The van der Waals surface area contributed by atoms with Gasteiger partial charge < -0.3 is 25.4 Å². The summed E-state index contributed by atoms with van der Waals surface area (Å²) in [6, 6.07) is 10.6. The summed E-state index contributed by atoms with van der Waals surface area (Å²) in [5.74, 6) is -0.132. The van der Waals surface area contributed by atoms with Gasteiger partial charge in [0.25, 0.3) is 0 Å². The molecule has 1 atom stereocenters. The van der Waals surface area contributed by atoms with Gasteiger partial charge in [0.1, 0.15) is 11.6 Å². The monoisotopic (exact) mass is 420 g/mol. The Morgan fingerprint density at radius 3 is 2.76 bits per heavy atom. The molecule has 0 spiro atoms. The predicted molar refractivity (Wildman–Crippen MR) is 110 cm³/mol. The zero-order valence-electron chi connectivity index (χ0n) is 15.8. The summed E-state index contributed by atoms with van der Waals surface area (Å²) < 4.78 is 25.5. The molecule has 1 fully saturated rings. The first-order valence-corrected chi connectivity index (χ1v) is 8.97. The summed E-state index contributed by atoms with van der Waals surface area (Å²) in [6.07, 6.45) is -0.214. The van der Waals surface area contributed by atoms with Crippen molar-refractivity contribution in [3.8, 4) is 11.8 Å². The minimum Gasteiger partial charge on any atom is -0.492 e. The number of rotatable bonds is 5. The second kappa shape index (κ2) is 10.6. The number of carbonyl (C=O) groups excluding carboxylic acids is 1. The molecule has 0 radical (unpaired) electrons. The van der Waals surface area contributed by atoms with Crippen LogP contribution < -0.4 is 20.7 Å². The number of hydrogen-bond acceptors (Lipinski definition) is 5. The van der Waals surface area contributed by atoms with Crippen LogP contribution in [-0.4, -0.2) is 32.3 Å². The van der Waals surface area contributed by atoms with Crippen LogP contribution in [0.5, 0.6) is 5.75 Å². The number of anilines is 2. The molecule has 1 aliphatic rings. The number of nitriles is 1. The van der Waals surface area contributed by atoms with Gasteiger partial charge in [0.15, 0.2) is 0 Å². The zero-order valence-corrected chi connectivity index (χ0v) is 16.6. The highest BCUT2D eigenvalue weighted by Crippen LogP contribution is 2.27. The van der Waals surface area contributed by atoms with Gasteiger partial charge in [-0.1, -0.05) is 6.07 Å². The van der Waals surface area contributed by atoms with E-state index in [4.69, 9.17) is 14.7 Å². The maximum Gasteiger partial charge on any atom is 0.323 e. The summed E-state index contributed by atoms with van der Waals surface area (Å²) >= 11 is 0. The lowest BCUT2D eigenvalue weighted by molar-refractivity contribution is 0.0275. The van der Waals surface area contributed by atoms with Crippen LogP contribution in [0.3, 0.4) is 0 Å². The van der Waals surface area contributed by atoms with Gasteiger partial charge in [-0.2, -0.15) is 5.26 Å². The number of benzene rings is 2. The fraction of sp³-hybridized carbons (Fsp3) is 0.300. The van der Waals surface area contributed by atoms with Crippen molar-refractivity contribution in [3.05, 3.63) is 53.3 Å². The van der Waals surface area contributed by atoms with Crippen molar-refractivity contribution < 1.29 is 18.7 Å². The van der Waals surface area contributed by atoms with Crippen LogP contribution in [0, 0.1) is 17.1 Å². The number of ether oxygens (including phenoxy) is 2. The number of urea groups is 1. The predicted octanol–water partition coefficient (Wildman–Crippen LogP) is 3.82. The Balaban J connectivity index is 0.00000300. The van der Waals surface area contributed by atoms with E-state index in [9.17, 15) is 9.18 Å². The first kappa shape index (κ1) is 22.4. The van der Waals surface area contributed by atoms with E-state index in [1.54, 1.807) is 18.2 Å². The van der Waals surface area contributed by atoms with Crippen LogP contribution in [0.25, 0.3) is 0 Å².